The second-order valence-electron chi connectivity index (χ2n) is 4.97. The molecule has 0 bridgehead atoms. The summed E-state index contributed by atoms with van der Waals surface area (Å²) < 4.78 is 6.56. The van der Waals surface area contributed by atoms with E-state index in [0.29, 0.717) is 35.5 Å². The summed E-state index contributed by atoms with van der Waals surface area (Å²) in [6.45, 7) is 0.470. The van der Waals surface area contributed by atoms with E-state index in [0.717, 1.165) is 10.0 Å². The first kappa shape index (κ1) is 14.6. The second kappa shape index (κ2) is 6.17. The Labute approximate surface area is 137 Å². The first-order valence-corrected chi connectivity index (χ1v) is 7.64. The average molecular weight is 354 g/mol. The third kappa shape index (κ3) is 2.95. The van der Waals surface area contributed by atoms with E-state index in [1.165, 1.54) is 0 Å². The topological polar surface area (TPSA) is 50.1 Å². The number of nitriles is 1. The fraction of sp³-hybridized carbons (Fsp3) is 0.111. The van der Waals surface area contributed by atoms with Crippen LogP contribution in [0.25, 0.3) is 6.08 Å². The number of hydrogen-bond acceptors (Lipinski definition) is 3. The van der Waals surface area contributed by atoms with Crippen LogP contribution in [-0.4, -0.2) is 12.4 Å². The Morgan fingerprint density at radius 1 is 1.18 bits per heavy atom. The molecular formula is C18H12BrNO2. The van der Waals surface area contributed by atoms with Crippen molar-refractivity contribution in [1.82, 2.24) is 0 Å². The molecule has 1 heterocycles. The fourth-order valence-corrected chi connectivity index (χ4v) is 2.69. The van der Waals surface area contributed by atoms with Gasteiger partial charge in [0.05, 0.1) is 23.8 Å². The van der Waals surface area contributed by atoms with Crippen LogP contribution in [0.5, 0.6) is 5.75 Å². The van der Waals surface area contributed by atoms with E-state index in [1.807, 2.05) is 30.3 Å². The molecule has 108 valence electrons. The van der Waals surface area contributed by atoms with Gasteiger partial charge in [-0.3, -0.25) is 4.79 Å². The smallest absolute Gasteiger partial charge is 0.192 e. The van der Waals surface area contributed by atoms with Gasteiger partial charge in [0.15, 0.2) is 5.78 Å². The molecule has 0 fully saturated rings. The quantitative estimate of drug-likeness (QED) is 0.715. The largest absolute Gasteiger partial charge is 0.492 e. The molecule has 0 aliphatic carbocycles. The average Bonchev–Trinajstić information content (AvgIpc) is 2.68. The van der Waals surface area contributed by atoms with Crippen LogP contribution in [0.3, 0.4) is 0 Å². The van der Waals surface area contributed by atoms with Crippen molar-refractivity contribution >= 4 is 27.8 Å². The van der Waals surface area contributed by atoms with Crippen LogP contribution in [0, 0.1) is 11.3 Å². The Morgan fingerprint density at radius 3 is 2.68 bits per heavy atom. The Hall–Kier alpha value is -2.38. The Morgan fingerprint density at radius 2 is 1.95 bits per heavy atom. The van der Waals surface area contributed by atoms with E-state index in [1.54, 1.807) is 18.2 Å². The minimum atomic E-state index is -0.00985. The molecule has 0 amide bonds. The van der Waals surface area contributed by atoms with Crippen molar-refractivity contribution in [2.24, 2.45) is 0 Å². The molecule has 0 saturated heterocycles. The van der Waals surface area contributed by atoms with Gasteiger partial charge in [0.25, 0.3) is 0 Å². The summed E-state index contributed by atoms with van der Waals surface area (Å²) in [6, 6.07) is 14.7. The van der Waals surface area contributed by atoms with Gasteiger partial charge < -0.3 is 4.74 Å². The molecule has 0 N–H and O–H groups in total. The lowest BCUT2D eigenvalue weighted by Gasteiger charge is -2.05. The van der Waals surface area contributed by atoms with Gasteiger partial charge in [-0.05, 0) is 42.0 Å². The minimum absolute atomic E-state index is 0.00985. The number of carbonyl (C=O) groups excluding carboxylic acids is 1. The number of Topliss-reactive ketones (excluding diaryl/α,β-unsaturated/α-hetero) is 1. The first-order chi connectivity index (χ1) is 10.7. The predicted molar refractivity (Wildman–Crippen MR) is 87.7 cm³/mol. The molecule has 0 radical (unpaired) electrons. The van der Waals surface area contributed by atoms with Crippen LogP contribution < -0.4 is 4.74 Å². The van der Waals surface area contributed by atoms with Gasteiger partial charge in [-0.15, -0.1) is 0 Å². The zero-order chi connectivity index (χ0) is 15.5. The minimum Gasteiger partial charge on any atom is -0.492 e. The van der Waals surface area contributed by atoms with Crippen LogP contribution >= 0.6 is 15.9 Å². The van der Waals surface area contributed by atoms with Gasteiger partial charge in [-0.2, -0.15) is 5.26 Å². The summed E-state index contributed by atoms with van der Waals surface area (Å²) in [5.74, 6) is 0.604. The van der Waals surface area contributed by atoms with Crippen LogP contribution in [0.4, 0.5) is 0 Å². The number of halogens is 1. The maximum Gasteiger partial charge on any atom is 0.192 e. The van der Waals surface area contributed by atoms with Gasteiger partial charge >= 0.3 is 0 Å². The molecule has 0 aromatic heterocycles. The van der Waals surface area contributed by atoms with Crippen molar-refractivity contribution in [3.8, 4) is 11.8 Å². The van der Waals surface area contributed by atoms with Gasteiger partial charge in [-0.1, -0.05) is 28.1 Å². The lowest BCUT2D eigenvalue weighted by molar-refractivity contribution is 0.103. The van der Waals surface area contributed by atoms with Gasteiger partial charge in [0, 0.05) is 16.5 Å². The molecule has 0 atom stereocenters. The van der Waals surface area contributed by atoms with E-state index in [4.69, 9.17) is 10.00 Å². The standard InChI is InChI=1S/C18H12BrNO2/c19-15-5-6-16-17(10-15)22-8-7-14(18(16)21)9-12-1-3-13(11-20)4-2-12/h1-6,9-10H,7-8H2. The number of hydrogen-bond donors (Lipinski definition) is 0. The highest BCUT2D eigenvalue weighted by Gasteiger charge is 2.21. The number of rotatable bonds is 1. The SMILES string of the molecule is N#Cc1ccc(C=C2CCOc3cc(Br)ccc3C2=O)cc1. The van der Waals surface area contributed by atoms with Crippen molar-refractivity contribution in [1.29, 1.82) is 5.26 Å². The molecule has 2 aromatic carbocycles. The zero-order valence-electron chi connectivity index (χ0n) is 11.7. The summed E-state index contributed by atoms with van der Waals surface area (Å²) in [5, 5.41) is 8.82. The van der Waals surface area contributed by atoms with Crippen LogP contribution in [0.1, 0.15) is 27.9 Å². The number of carbonyl (C=O) groups is 1. The third-order valence-electron chi connectivity index (χ3n) is 3.49. The van der Waals surface area contributed by atoms with Gasteiger partial charge in [0.1, 0.15) is 5.75 Å². The number of ether oxygens (including phenoxy) is 1. The summed E-state index contributed by atoms with van der Waals surface area (Å²) in [7, 11) is 0. The molecule has 1 aliphatic rings. The van der Waals surface area contributed by atoms with Gasteiger partial charge in [0.2, 0.25) is 0 Å². The van der Waals surface area contributed by atoms with Crippen LogP contribution in [0.15, 0.2) is 52.5 Å². The Balaban J connectivity index is 1.97. The maximum atomic E-state index is 12.7. The molecule has 1 aliphatic heterocycles. The predicted octanol–water partition coefficient (Wildman–Crippen LogP) is 4.37. The molecule has 22 heavy (non-hydrogen) atoms. The first-order valence-electron chi connectivity index (χ1n) is 6.85. The van der Waals surface area contributed by atoms with E-state index in [-0.39, 0.29) is 5.78 Å². The molecule has 2 aromatic rings. The van der Waals surface area contributed by atoms with E-state index in [9.17, 15) is 4.79 Å². The van der Waals surface area contributed by atoms with Crippen LogP contribution in [-0.2, 0) is 0 Å². The molecule has 3 rings (SSSR count). The summed E-state index contributed by atoms with van der Waals surface area (Å²) >= 11 is 3.39. The fourth-order valence-electron chi connectivity index (χ4n) is 2.35. The third-order valence-corrected chi connectivity index (χ3v) is 3.98. The van der Waals surface area contributed by atoms with E-state index < -0.39 is 0 Å². The highest BCUT2D eigenvalue weighted by molar-refractivity contribution is 9.10. The molecule has 4 heteroatoms. The number of nitrogens with zero attached hydrogens (tertiary/aromatic N) is 1. The molecule has 0 spiro atoms. The Kier molecular flexibility index (Phi) is 4.08. The lowest BCUT2D eigenvalue weighted by Crippen LogP contribution is -2.02. The van der Waals surface area contributed by atoms with Crippen molar-refractivity contribution in [2.45, 2.75) is 6.42 Å². The lowest BCUT2D eigenvalue weighted by atomic mass is 9.99. The number of benzene rings is 2. The van der Waals surface area contributed by atoms with Gasteiger partial charge in [-0.25, -0.2) is 0 Å². The van der Waals surface area contributed by atoms with E-state index in [2.05, 4.69) is 22.0 Å². The molecule has 0 unspecified atom stereocenters. The summed E-state index contributed by atoms with van der Waals surface area (Å²) in [5.41, 5.74) is 2.81. The summed E-state index contributed by atoms with van der Waals surface area (Å²) in [6.07, 6.45) is 2.43. The highest BCUT2D eigenvalue weighted by Crippen LogP contribution is 2.30. The number of ketones is 1. The van der Waals surface area contributed by atoms with Crippen molar-refractivity contribution in [3.05, 3.63) is 69.2 Å². The molecular weight excluding hydrogens is 342 g/mol. The van der Waals surface area contributed by atoms with Crippen molar-refractivity contribution in [2.75, 3.05) is 6.61 Å². The maximum absolute atomic E-state index is 12.7. The monoisotopic (exact) mass is 353 g/mol. The van der Waals surface area contributed by atoms with Crippen molar-refractivity contribution in [3.63, 3.8) is 0 Å². The van der Waals surface area contributed by atoms with Crippen LogP contribution in [0.2, 0.25) is 0 Å². The molecule has 0 saturated carbocycles. The second-order valence-corrected chi connectivity index (χ2v) is 5.89. The Bertz CT molecular complexity index is 801. The zero-order valence-corrected chi connectivity index (χ0v) is 13.3. The normalized spacial score (nSPS) is 15.6. The van der Waals surface area contributed by atoms with E-state index >= 15 is 0 Å². The highest BCUT2D eigenvalue weighted by atomic mass is 79.9. The summed E-state index contributed by atoms with van der Waals surface area (Å²) in [4.78, 5) is 12.7. The number of fused-ring (bicyclic) bond motifs is 1. The van der Waals surface area contributed by atoms with Crippen molar-refractivity contribution < 1.29 is 9.53 Å². The molecule has 3 nitrogen and oxygen atoms in total.